The predicted molar refractivity (Wildman–Crippen MR) is 116 cm³/mol. The molecule has 11 nitrogen and oxygen atoms in total. The van der Waals surface area contributed by atoms with Gasteiger partial charge in [-0.2, -0.15) is 4.68 Å². The quantitative estimate of drug-likeness (QED) is 0.510. The van der Waals surface area contributed by atoms with Crippen molar-refractivity contribution in [2.45, 2.75) is 59.3 Å². The lowest BCUT2D eigenvalue weighted by molar-refractivity contribution is -0.753. The van der Waals surface area contributed by atoms with Crippen molar-refractivity contribution in [1.29, 1.82) is 0 Å². The molecule has 0 atom stereocenters. The number of hydrogen-bond donors (Lipinski definition) is 2. The number of thiazole rings is 1. The van der Waals surface area contributed by atoms with E-state index in [0.29, 0.717) is 11.6 Å². The average molecular weight is 469 g/mol. The third kappa shape index (κ3) is 7.52. The van der Waals surface area contributed by atoms with Crippen molar-refractivity contribution in [3.05, 3.63) is 23.5 Å². The van der Waals surface area contributed by atoms with Gasteiger partial charge >= 0.3 is 18.2 Å². The Morgan fingerprint density at radius 3 is 2.34 bits per heavy atom. The summed E-state index contributed by atoms with van der Waals surface area (Å²) in [4.78, 5) is 40.2. The molecule has 0 fully saturated rings. The van der Waals surface area contributed by atoms with Crippen LogP contribution in [0.2, 0.25) is 0 Å². The van der Waals surface area contributed by atoms with Crippen molar-refractivity contribution < 1.29 is 33.6 Å². The van der Waals surface area contributed by atoms with Crippen LogP contribution in [0.3, 0.4) is 0 Å². The monoisotopic (exact) mass is 468 g/mol. The zero-order chi connectivity index (χ0) is 24.3. The van der Waals surface area contributed by atoms with Gasteiger partial charge in [0.2, 0.25) is 6.20 Å². The Labute approximate surface area is 190 Å². The van der Waals surface area contributed by atoms with E-state index in [2.05, 4.69) is 10.4 Å². The van der Waals surface area contributed by atoms with Crippen LogP contribution in [0.15, 0.2) is 18.6 Å². The van der Waals surface area contributed by atoms with Crippen LogP contribution in [0, 0.1) is 0 Å². The number of nitrogens with one attached hydrogen (secondary N) is 1. The molecule has 0 saturated carbocycles. The van der Waals surface area contributed by atoms with Crippen molar-refractivity contribution in [3.63, 3.8) is 0 Å². The van der Waals surface area contributed by atoms with Crippen LogP contribution in [0.1, 0.15) is 51.2 Å². The number of hydrazine groups is 1. The molecule has 0 aliphatic heterocycles. The molecule has 2 aromatic heterocycles. The topological polar surface area (TPSA) is 127 Å². The van der Waals surface area contributed by atoms with Crippen LogP contribution in [0.4, 0.5) is 9.59 Å². The highest BCUT2D eigenvalue weighted by Gasteiger charge is 2.27. The van der Waals surface area contributed by atoms with E-state index in [-0.39, 0.29) is 11.4 Å². The van der Waals surface area contributed by atoms with E-state index < -0.39 is 29.4 Å². The van der Waals surface area contributed by atoms with E-state index in [1.165, 1.54) is 6.20 Å². The summed E-state index contributed by atoms with van der Waals surface area (Å²) >= 11 is 1.07. The minimum Gasteiger partial charge on any atom is -0.477 e. The molecule has 0 aliphatic rings. The fourth-order valence-electron chi connectivity index (χ4n) is 2.52. The molecule has 2 amide bonds. The molecule has 12 heteroatoms. The fourth-order valence-corrected chi connectivity index (χ4v) is 3.25. The highest BCUT2D eigenvalue weighted by molar-refractivity contribution is 7.16. The Morgan fingerprint density at radius 1 is 1.19 bits per heavy atom. The lowest BCUT2D eigenvalue weighted by atomic mass is 10.2. The minimum atomic E-state index is -1.03. The number of rotatable bonds is 5. The molecule has 0 saturated heterocycles. The van der Waals surface area contributed by atoms with Crippen molar-refractivity contribution >= 4 is 29.5 Å². The molecular formula is C20H30N5O6S+. The molecule has 2 rings (SSSR count). The van der Waals surface area contributed by atoms with Crippen LogP contribution >= 0.6 is 11.3 Å². The maximum atomic E-state index is 12.6. The number of carboxylic acids is 1. The first-order valence-corrected chi connectivity index (χ1v) is 10.7. The minimum absolute atomic E-state index is 0.0916. The highest BCUT2D eigenvalue weighted by atomic mass is 32.1. The lowest BCUT2D eigenvalue weighted by Crippen LogP contribution is -2.51. The van der Waals surface area contributed by atoms with Gasteiger partial charge in [-0.25, -0.2) is 29.8 Å². The second-order valence-corrected chi connectivity index (χ2v) is 10.1. The van der Waals surface area contributed by atoms with Gasteiger partial charge < -0.3 is 14.6 Å². The van der Waals surface area contributed by atoms with E-state index >= 15 is 0 Å². The SMILES string of the molecule is C[n+]1cc(-c2ncc(C(=O)O)s2)cn1CCN(NC(=O)OC(C)(C)C)C(=O)OC(C)(C)C. The molecule has 2 aromatic rings. The van der Waals surface area contributed by atoms with E-state index in [9.17, 15) is 14.4 Å². The second kappa shape index (κ2) is 9.55. The second-order valence-electron chi connectivity index (χ2n) is 9.03. The largest absolute Gasteiger partial charge is 0.477 e. The van der Waals surface area contributed by atoms with E-state index in [1.807, 2.05) is 0 Å². The van der Waals surface area contributed by atoms with Gasteiger partial charge in [0, 0.05) is 0 Å². The van der Waals surface area contributed by atoms with Gasteiger partial charge in [-0.1, -0.05) is 0 Å². The van der Waals surface area contributed by atoms with Crippen molar-refractivity contribution in [1.82, 2.24) is 20.1 Å². The van der Waals surface area contributed by atoms with E-state index in [4.69, 9.17) is 14.6 Å². The number of carbonyl (C=O) groups is 3. The molecule has 0 aliphatic carbocycles. The summed E-state index contributed by atoms with van der Waals surface area (Å²) in [5.41, 5.74) is 1.69. The Morgan fingerprint density at radius 2 is 1.81 bits per heavy atom. The summed E-state index contributed by atoms with van der Waals surface area (Å²) in [6, 6.07) is 0. The number of aryl methyl sites for hydroxylation is 1. The van der Waals surface area contributed by atoms with Crippen LogP contribution in [-0.4, -0.2) is 55.7 Å². The first kappa shape index (κ1) is 25.1. The molecule has 176 valence electrons. The summed E-state index contributed by atoms with van der Waals surface area (Å²) in [5, 5.41) is 10.7. The lowest BCUT2D eigenvalue weighted by Gasteiger charge is -2.28. The maximum absolute atomic E-state index is 12.6. The zero-order valence-electron chi connectivity index (χ0n) is 19.3. The smallest absolute Gasteiger partial charge is 0.429 e. The summed E-state index contributed by atoms with van der Waals surface area (Å²) in [6.45, 7) is 10.8. The first-order valence-electron chi connectivity index (χ1n) is 9.90. The Kier molecular flexibility index (Phi) is 7.50. The number of ether oxygens (including phenoxy) is 2. The van der Waals surface area contributed by atoms with Crippen molar-refractivity contribution in [2.75, 3.05) is 6.54 Å². The van der Waals surface area contributed by atoms with Crippen molar-refractivity contribution in [2.24, 2.45) is 7.05 Å². The Balaban J connectivity index is 2.15. The summed E-state index contributed by atoms with van der Waals surface area (Å²) in [7, 11) is 1.80. The van der Waals surface area contributed by atoms with Gasteiger partial charge in [0.1, 0.15) is 21.1 Å². The molecule has 0 aromatic carbocycles. The number of aromatic carboxylic acids is 1. The molecule has 32 heavy (non-hydrogen) atoms. The zero-order valence-corrected chi connectivity index (χ0v) is 20.1. The maximum Gasteiger partial charge on any atom is 0.429 e. The van der Waals surface area contributed by atoms with Crippen molar-refractivity contribution in [3.8, 4) is 10.6 Å². The molecule has 0 unspecified atom stereocenters. The third-order valence-electron chi connectivity index (χ3n) is 3.77. The van der Waals surface area contributed by atoms with E-state index in [0.717, 1.165) is 21.9 Å². The van der Waals surface area contributed by atoms with Crippen LogP contribution < -0.4 is 10.1 Å². The van der Waals surface area contributed by atoms with Crippen LogP contribution in [0.5, 0.6) is 0 Å². The summed E-state index contributed by atoms with van der Waals surface area (Å²) in [5.74, 6) is -1.03. The number of nitrogens with zero attached hydrogens (tertiary/aromatic N) is 4. The van der Waals surface area contributed by atoms with Gasteiger partial charge in [0.05, 0.1) is 31.0 Å². The van der Waals surface area contributed by atoms with Gasteiger partial charge in [0.25, 0.3) is 0 Å². The summed E-state index contributed by atoms with van der Waals surface area (Å²) < 4.78 is 14.2. The van der Waals surface area contributed by atoms with E-state index in [1.54, 1.807) is 70.3 Å². The fraction of sp³-hybridized carbons (Fsp3) is 0.550. The molecule has 0 bridgehead atoms. The first-order chi connectivity index (χ1) is 14.6. The standard InChI is InChI=1S/C20H29N5O6S/c1-19(2,3)30-17(28)22-25(18(29)31-20(4,5)6)9-8-24-12-13(11-23(24)7)15-21-10-14(32-15)16(26)27/h10-12H,8-9H2,1-7H3,(H-,22,26,27,28)/p+1. The number of carbonyl (C=O) groups excluding carboxylic acids is 2. The molecule has 0 radical (unpaired) electrons. The average Bonchev–Trinajstić information content (AvgIpc) is 3.22. The van der Waals surface area contributed by atoms with Gasteiger partial charge in [-0.05, 0) is 41.5 Å². The Bertz CT molecular complexity index is 986. The van der Waals surface area contributed by atoms with Gasteiger partial charge in [0.15, 0.2) is 7.05 Å². The molecule has 2 heterocycles. The van der Waals surface area contributed by atoms with Crippen LogP contribution in [0.25, 0.3) is 10.6 Å². The molecule has 2 N–H and O–H groups in total. The predicted octanol–water partition coefficient (Wildman–Crippen LogP) is 2.81. The number of amides is 2. The number of carboxylic acid groups (broad SMARTS) is 1. The molecular weight excluding hydrogens is 438 g/mol. The number of aromatic nitrogens is 3. The number of hydrogen-bond acceptors (Lipinski definition) is 7. The van der Waals surface area contributed by atoms with Crippen LogP contribution in [-0.2, 0) is 23.1 Å². The third-order valence-corrected chi connectivity index (χ3v) is 4.81. The van der Waals surface area contributed by atoms with Gasteiger partial charge in [-0.15, -0.1) is 16.0 Å². The summed E-state index contributed by atoms with van der Waals surface area (Å²) in [6.07, 6.45) is 3.40. The van der Waals surface area contributed by atoms with Gasteiger partial charge in [-0.3, -0.25) is 0 Å². The normalized spacial score (nSPS) is 11.7. The highest BCUT2D eigenvalue weighted by Crippen LogP contribution is 2.24. The molecule has 0 spiro atoms. The Hall–Kier alpha value is -3.15.